The van der Waals surface area contributed by atoms with Gasteiger partial charge < -0.3 is 9.80 Å². The van der Waals surface area contributed by atoms with Crippen molar-refractivity contribution in [1.82, 2.24) is 14.7 Å². The lowest BCUT2D eigenvalue weighted by atomic mass is 9.96. The zero-order chi connectivity index (χ0) is 19.3. The van der Waals surface area contributed by atoms with Crippen LogP contribution in [0.3, 0.4) is 0 Å². The van der Waals surface area contributed by atoms with Crippen LogP contribution in [0.25, 0.3) is 0 Å². The number of amides is 1. The second-order valence-corrected chi connectivity index (χ2v) is 8.99. The maximum absolute atomic E-state index is 13.6. The SMILES string of the molecule is CN1CCN(C(=O)C2CC(=O)c3cc(Cl)c(Cl)cc32)C(C)(N2CCCC2)C1. The highest BCUT2D eigenvalue weighted by Gasteiger charge is 2.48. The van der Waals surface area contributed by atoms with Crippen molar-refractivity contribution in [2.45, 2.75) is 37.8 Å². The largest absolute Gasteiger partial charge is 0.321 e. The van der Waals surface area contributed by atoms with Crippen LogP contribution in [0.5, 0.6) is 0 Å². The van der Waals surface area contributed by atoms with Crippen LogP contribution in [0.15, 0.2) is 12.1 Å². The Morgan fingerprint density at radius 2 is 1.78 bits per heavy atom. The molecule has 0 radical (unpaired) electrons. The number of likely N-dealkylation sites (N-methyl/N-ethyl adjacent to an activating group) is 1. The third-order valence-electron chi connectivity index (χ3n) is 6.37. The summed E-state index contributed by atoms with van der Waals surface area (Å²) < 4.78 is 0. The normalized spacial score (nSPS) is 29.4. The summed E-state index contributed by atoms with van der Waals surface area (Å²) in [5.41, 5.74) is 0.921. The van der Waals surface area contributed by atoms with Crippen molar-refractivity contribution >= 4 is 34.9 Å². The number of carbonyl (C=O) groups excluding carboxylic acids is 2. The molecule has 2 saturated heterocycles. The molecule has 0 aromatic heterocycles. The Balaban J connectivity index is 1.68. The standard InChI is InChI=1S/C20H25Cl2N3O2/c1-20(24-5-3-4-6-24)12-23(2)7-8-25(20)19(27)15-11-18(26)14-10-17(22)16(21)9-13(14)15/h9-10,15H,3-8,11-12H2,1-2H3. The van der Waals surface area contributed by atoms with Gasteiger partial charge in [0, 0.05) is 44.7 Å². The van der Waals surface area contributed by atoms with Crippen LogP contribution in [0.4, 0.5) is 0 Å². The van der Waals surface area contributed by atoms with Crippen LogP contribution < -0.4 is 0 Å². The highest BCUT2D eigenvalue weighted by atomic mass is 35.5. The Bertz CT molecular complexity index is 794. The molecule has 0 bridgehead atoms. The van der Waals surface area contributed by atoms with Gasteiger partial charge in [0.25, 0.3) is 0 Å². The quantitative estimate of drug-likeness (QED) is 0.751. The van der Waals surface area contributed by atoms with Crippen LogP contribution in [0.1, 0.15) is 48.0 Å². The van der Waals surface area contributed by atoms with E-state index in [2.05, 4.69) is 23.8 Å². The maximum atomic E-state index is 13.6. The van der Waals surface area contributed by atoms with Crippen LogP contribution >= 0.6 is 23.2 Å². The van der Waals surface area contributed by atoms with Gasteiger partial charge in [0.1, 0.15) is 5.66 Å². The fourth-order valence-electron chi connectivity index (χ4n) is 4.91. The smallest absolute Gasteiger partial charge is 0.232 e. The molecule has 0 saturated carbocycles. The zero-order valence-corrected chi connectivity index (χ0v) is 17.3. The van der Waals surface area contributed by atoms with Crippen molar-refractivity contribution in [3.8, 4) is 0 Å². The van der Waals surface area contributed by atoms with E-state index in [4.69, 9.17) is 23.2 Å². The summed E-state index contributed by atoms with van der Waals surface area (Å²) in [6, 6.07) is 3.31. The Hall–Kier alpha value is -1.14. The molecule has 27 heavy (non-hydrogen) atoms. The van der Waals surface area contributed by atoms with Gasteiger partial charge >= 0.3 is 0 Å². The van der Waals surface area contributed by atoms with Crippen molar-refractivity contribution in [3.63, 3.8) is 0 Å². The van der Waals surface area contributed by atoms with E-state index in [0.29, 0.717) is 22.2 Å². The number of carbonyl (C=O) groups is 2. The fraction of sp³-hybridized carbons (Fsp3) is 0.600. The number of hydrogen-bond donors (Lipinski definition) is 0. The number of halogens is 2. The minimum Gasteiger partial charge on any atom is -0.321 e. The summed E-state index contributed by atoms with van der Waals surface area (Å²) in [4.78, 5) is 32.9. The number of Topliss-reactive ketones (excluding diaryl/α,β-unsaturated/α-hetero) is 1. The molecule has 5 nitrogen and oxygen atoms in total. The Labute approximate surface area is 170 Å². The molecule has 2 fully saturated rings. The molecular formula is C20H25Cl2N3O2. The minimum atomic E-state index is -0.465. The summed E-state index contributed by atoms with van der Waals surface area (Å²) in [5, 5.41) is 0.752. The van der Waals surface area contributed by atoms with Gasteiger partial charge in [-0.1, -0.05) is 23.2 Å². The van der Waals surface area contributed by atoms with Crippen molar-refractivity contribution < 1.29 is 9.59 Å². The van der Waals surface area contributed by atoms with Crippen molar-refractivity contribution in [2.24, 2.45) is 0 Å². The Kier molecular flexibility index (Phi) is 5.00. The van der Waals surface area contributed by atoms with Crippen LogP contribution in [0, 0.1) is 0 Å². The number of ketones is 1. The molecule has 146 valence electrons. The van der Waals surface area contributed by atoms with Gasteiger partial charge in [-0.15, -0.1) is 0 Å². The molecule has 2 heterocycles. The third-order valence-corrected chi connectivity index (χ3v) is 7.09. The lowest BCUT2D eigenvalue weighted by molar-refractivity contribution is -0.155. The van der Waals surface area contributed by atoms with Crippen LogP contribution in [0.2, 0.25) is 10.0 Å². The number of hydrogen-bond acceptors (Lipinski definition) is 4. The van der Waals surface area contributed by atoms with E-state index >= 15 is 0 Å². The van der Waals surface area contributed by atoms with Crippen molar-refractivity contribution in [3.05, 3.63) is 33.3 Å². The van der Waals surface area contributed by atoms with Crippen LogP contribution in [-0.4, -0.2) is 71.8 Å². The van der Waals surface area contributed by atoms with E-state index in [1.54, 1.807) is 12.1 Å². The first kappa shape index (κ1) is 19.2. The lowest BCUT2D eigenvalue weighted by Crippen LogP contribution is -2.69. The fourth-order valence-corrected chi connectivity index (χ4v) is 5.25. The Morgan fingerprint density at radius 3 is 2.48 bits per heavy atom. The molecule has 3 aliphatic rings. The van der Waals surface area contributed by atoms with Gasteiger partial charge in [-0.25, -0.2) is 0 Å². The minimum absolute atomic E-state index is 0.0288. The number of rotatable bonds is 2. The highest BCUT2D eigenvalue weighted by molar-refractivity contribution is 6.42. The molecule has 0 spiro atoms. The molecule has 2 unspecified atom stereocenters. The number of nitrogens with zero attached hydrogens (tertiary/aromatic N) is 3. The van der Waals surface area contributed by atoms with E-state index < -0.39 is 5.92 Å². The van der Waals surface area contributed by atoms with E-state index in [1.807, 2.05) is 4.90 Å². The second kappa shape index (κ2) is 7.03. The van der Waals surface area contributed by atoms with Gasteiger partial charge in [-0.3, -0.25) is 14.5 Å². The monoisotopic (exact) mass is 409 g/mol. The van der Waals surface area contributed by atoms with E-state index in [1.165, 1.54) is 12.8 Å². The van der Waals surface area contributed by atoms with E-state index in [9.17, 15) is 9.59 Å². The molecule has 2 atom stereocenters. The van der Waals surface area contributed by atoms with Crippen molar-refractivity contribution in [1.29, 1.82) is 0 Å². The zero-order valence-electron chi connectivity index (χ0n) is 15.8. The highest BCUT2D eigenvalue weighted by Crippen LogP contribution is 2.41. The first-order valence-corrected chi connectivity index (χ1v) is 10.3. The van der Waals surface area contributed by atoms with E-state index in [0.717, 1.165) is 31.7 Å². The molecule has 4 rings (SSSR count). The molecule has 7 heteroatoms. The number of benzene rings is 1. The van der Waals surface area contributed by atoms with Crippen molar-refractivity contribution in [2.75, 3.05) is 39.8 Å². The summed E-state index contributed by atoms with van der Waals surface area (Å²) in [7, 11) is 2.10. The topological polar surface area (TPSA) is 43.9 Å². The lowest BCUT2D eigenvalue weighted by Gasteiger charge is -2.53. The molecule has 0 N–H and O–H groups in total. The summed E-state index contributed by atoms with van der Waals surface area (Å²) in [5.74, 6) is -0.463. The van der Waals surface area contributed by atoms with Gasteiger partial charge in [0.15, 0.2) is 5.78 Å². The first-order chi connectivity index (χ1) is 12.8. The third kappa shape index (κ3) is 3.19. The molecule has 1 aliphatic carbocycles. The van der Waals surface area contributed by atoms with E-state index in [-0.39, 0.29) is 23.8 Å². The number of fused-ring (bicyclic) bond motifs is 1. The Morgan fingerprint density at radius 1 is 1.11 bits per heavy atom. The predicted octanol–water partition coefficient (Wildman–Crippen LogP) is 3.25. The average Bonchev–Trinajstić information content (AvgIpc) is 3.25. The molecule has 1 aromatic carbocycles. The predicted molar refractivity (Wildman–Crippen MR) is 107 cm³/mol. The average molecular weight is 410 g/mol. The van der Waals surface area contributed by atoms with Gasteiger partial charge in [-0.2, -0.15) is 0 Å². The molecular weight excluding hydrogens is 385 g/mol. The maximum Gasteiger partial charge on any atom is 0.232 e. The van der Waals surface area contributed by atoms with Crippen LogP contribution in [-0.2, 0) is 4.79 Å². The summed E-state index contributed by atoms with van der Waals surface area (Å²) in [6.45, 7) is 6.51. The number of piperazine rings is 1. The summed E-state index contributed by atoms with van der Waals surface area (Å²) >= 11 is 12.3. The van der Waals surface area contributed by atoms with Gasteiger partial charge in [0.05, 0.1) is 16.0 Å². The first-order valence-electron chi connectivity index (χ1n) is 9.58. The van der Waals surface area contributed by atoms with Gasteiger partial charge in [-0.05, 0) is 44.5 Å². The second-order valence-electron chi connectivity index (χ2n) is 8.17. The molecule has 1 aromatic rings. The van der Waals surface area contributed by atoms with Gasteiger partial charge in [0.2, 0.25) is 5.91 Å². The molecule has 2 aliphatic heterocycles. The molecule has 1 amide bonds. The number of likely N-dealkylation sites (tertiary alicyclic amines) is 1. The summed E-state index contributed by atoms with van der Waals surface area (Å²) in [6.07, 6.45) is 2.54.